The maximum absolute atomic E-state index is 12.0. The summed E-state index contributed by atoms with van der Waals surface area (Å²) in [6.07, 6.45) is 0. The summed E-state index contributed by atoms with van der Waals surface area (Å²) in [5.74, 6) is 0.775. The molecule has 3 rings (SSSR count). The number of rotatable bonds is 7. The Morgan fingerprint density at radius 2 is 1.59 bits per heavy atom. The van der Waals surface area contributed by atoms with Gasteiger partial charge >= 0.3 is 0 Å². The van der Waals surface area contributed by atoms with Gasteiger partial charge < -0.3 is 19.9 Å². The highest BCUT2D eigenvalue weighted by atomic mass is 35.5. The summed E-state index contributed by atoms with van der Waals surface area (Å²) < 4.78 is 11.1. The number of halogens is 1. The maximum atomic E-state index is 12.0. The van der Waals surface area contributed by atoms with Crippen molar-refractivity contribution in [2.45, 2.75) is 6.61 Å². The van der Waals surface area contributed by atoms with Gasteiger partial charge in [0.25, 0.3) is 5.91 Å². The molecule has 0 aliphatic carbocycles. The molecular weight excluding hydrogens is 366 g/mol. The Balaban J connectivity index is 1.48. The number of nitrogens with one attached hydrogen (secondary N) is 1. The molecule has 0 fully saturated rings. The van der Waals surface area contributed by atoms with E-state index in [-0.39, 0.29) is 18.0 Å². The average Bonchev–Trinajstić information content (AvgIpc) is 2.69. The minimum atomic E-state index is -0.406. The highest BCUT2D eigenvalue weighted by molar-refractivity contribution is 6.31. The number of ether oxygens (including phenoxy) is 2. The second-order valence-electron chi connectivity index (χ2n) is 5.74. The lowest BCUT2D eigenvalue weighted by atomic mass is 10.2. The van der Waals surface area contributed by atoms with Crippen molar-refractivity contribution in [3.63, 3.8) is 0 Å². The average molecular weight is 384 g/mol. The number of amides is 1. The Morgan fingerprint density at radius 1 is 0.926 bits per heavy atom. The van der Waals surface area contributed by atoms with Crippen molar-refractivity contribution in [2.75, 3.05) is 11.9 Å². The minimum Gasteiger partial charge on any atom is -0.506 e. The summed E-state index contributed by atoms with van der Waals surface area (Å²) in [5, 5.41) is 12.7. The number of hydrogen-bond donors (Lipinski definition) is 2. The van der Waals surface area contributed by atoms with Crippen LogP contribution in [0.1, 0.15) is 5.56 Å². The number of hydrogen-bond acceptors (Lipinski definition) is 4. The molecular formula is C21H18ClNO4. The van der Waals surface area contributed by atoms with Gasteiger partial charge in [-0.15, -0.1) is 0 Å². The van der Waals surface area contributed by atoms with Crippen molar-refractivity contribution >= 4 is 23.2 Å². The number of carbonyl (C=O) groups is 1. The molecule has 6 heteroatoms. The molecule has 0 heterocycles. The summed E-state index contributed by atoms with van der Waals surface area (Å²) in [5.41, 5.74) is 1.32. The van der Waals surface area contributed by atoms with Crippen molar-refractivity contribution in [3.8, 4) is 17.2 Å². The zero-order valence-corrected chi connectivity index (χ0v) is 15.1. The Bertz CT molecular complexity index is 898. The highest BCUT2D eigenvalue weighted by Crippen LogP contribution is 2.26. The Kier molecular flexibility index (Phi) is 6.18. The molecule has 0 bridgehead atoms. The Labute approximate surface area is 162 Å². The topological polar surface area (TPSA) is 67.8 Å². The predicted molar refractivity (Wildman–Crippen MR) is 104 cm³/mol. The molecule has 0 atom stereocenters. The van der Waals surface area contributed by atoms with Gasteiger partial charge in [-0.25, -0.2) is 0 Å². The summed E-state index contributed by atoms with van der Waals surface area (Å²) in [7, 11) is 0. The van der Waals surface area contributed by atoms with Crippen LogP contribution in [0, 0.1) is 0 Å². The molecule has 1 amide bonds. The van der Waals surface area contributed by atoms with Gasteiger partial charge in [0.05, 0.1) is 5.69 Å². The SMILES string of the molecule is O=C(COc1ccc(OCc2ccccc2)cc1)Nc1cc(Cl)ccc1O. The van der Waals surface area contributed by atoms with Gasteiger partial charge in [-0.1, -0.05) is 41.9 Å². The third-order valence-electron chi connectivity index (χ3n) is 3.67. The van der Waals surface area contributed by atoms with E-state index in [1.807, 2.05) is 30.3 Å². The molecule has 3 aromatic carbocycles. The monoisotopic (exact) mass is 383 g/mol. The first-order chi connectivity index (χ1) is 13.1. The van der Waals surface area contributed by atoms with E-state index in [2.05, 4.69) is 5.32 Å². The molecule has 0 aromatic heterocycles. The van der Waals surface area contributed by atoms with E-state index in [0.717, 1.165) is 5.56 Å². The predicted octanol–water partition coefficient (Wildman–Crippen LogP) is 4.64. The minimum absolute atomic E-state index is 0.0623. The third kappa shape index (κ3) is 5.66. The van der Waals surface area contributed by atoms with Crippen LogP contribution in [-0.4, -0.2) is 17.6 Å². The first-order valence-electron chi connectivity index (χ1n) is 8.28. The van der Waals surface area contributed by atoms with Crippen molar-refractivity contribution < 1.29 is 19.4 Å². The number of phenolic OH excluding ortho intramolecular Hbond substituents is 1. The van der Waals surface area contributed by atoms with Crippen LogP contribution in [0.5, 0.6) is 17.2 Å². The summed E-state index contributed by atoms with van der Waals surface area (Å²) in [6.45, 7) is 0.281. The Morgan fingerprint density at radius 3 is 2.30 bits per heavy atom. The maximum Gasteiger partial charge on any atom is 0.262 e. The van der Waals surface area contributed by atoms with E-state index >= 15 is 0 Å². The standard InChI is InChI=1S/C21H18ClNO4/c22-16-6-11-20(24)19(12-16)23-21(25)14-27-18-9-7-17(8-10-18)26-13-15-4-2-1-3-5-15/h1-12,24H,13-14H2,(H,23,25). The van der Waals surface area contributed by atoms with Crippen LogP contribution in [0.4, 0.5) is 5.69 Å². The zero-order chi connectivity index (χ0) is 19.1. The molecule has 5 nitrogen and oxygen atoms in total. The zero-order valence-electron chi connectivity index (χ0n) is 14.4. The molecule has 27 heavy (non-hydrogen) atoms. The van der Waals surface area contributed by atoms with Gasteiger partial charge in [0.15, 0.2) is 6.61 Å². The second-order valence-corrected chi connectivity index (χ2v) is 6.18. The van der Waals surface area contributed by atoms with Crippen LogP contribution < -0.4 is 14.8 Å². The fourth-order valence-corrected chi connectivity index (χ4v) is 2.49. The van der Waals surface area contributed by atoms with Crippen molar-refractivity contribution in [3.05, 3.63) is 83.4 Å². The molecule has 138 valence electrons. The number of benzene rings is 3. The fourth-order valence-electron chi connectivity index (χ4n) is 2.32. The third-order valence-corrected chi connectivity index (χ3v) is 3.91. The van der Waals surface area contributed by atoms with Crippen LogP contribution in [0.2, 0.25) is 5.02 Å². The largest absolute Gasteiger partial charge is 0.506 e. The van der Waals surface area contributed by atoms with Gasteiger partial charge in [0, 0.05) is 5.02 Å². The first kappa shape index (κ1) is 18.6. The number of carbonyl (C=O) groups excluding carboxylic acids is 1. The van der Waals surface area contributed by atoms with E-state index in [9.17, 15) is 9.90 Å². The molecule has 2 N–H and O–H groups in total. The molecule has 0 saturated heterocycles. The molecule has 0 radical (unpaired) electrons. The molecule has 0 aliphatic rings. The van der Waals surface area contributed by atoms with Crippen LogP contribution >= 0.6 is 11.6 Å². The first-order valence-corrected chi connectivity index (χ1v) is 8.66. The number of phenols is 1. The second kappa shape index (κ2) is 8.96. The van der Waals surface area contributed by atoms with E-state index in [1.165, 1.54) is 18.2 Å². The molecule has 3 aromatic rings. The Hall–Kier alpha value is -3.18. The van der Waals surface area contributed by atoms with Crippen LogP contribution in [0.15, 0.2) is 72.8 Å². The van der Waals surface area contributed by atoms with Crippen LogP contribution in [0.3, 0.4) is 0 Å². The van der Waals surface area contributed by atoms with E-state index in [4.69, 9.17) is 21.1 Å². The lowest BCUT2D eigenvalue weighted by Gasteiger charge is -2.10. The number of anilines is 1. The van der Waals surface area contributed by atoms with Crippen molar-refractivity contribution in [2.24, 2.45) is 0 Å². The van der Waals surface area contributed by atoms with Crippen LogP contribution in [-0.2, 0) is 11.4 Å². The smallest absolute Gasteiger partial charge is 0.262 e. The summed E-state index contributed by atoms with van der Waals surface area (Å²) >= 11 is 5.85. The fraction of sp³-hybridized carbons (Fsp3) is 0.0952. The molecule has 0 spiro atoms. The van der Waals surface area contributed by atoms with Gasteiger partial charge in [-0.3, -0.25) is 4.79 Å². The quantitative estimate of drug-likeness (QED) is 0.583. The molecule has 0 unspecified atom stereocenters. The van der Waals surface area contributed by atoms with Crippen LogP contribution in [0.25, 0.3) is 0 Å². The van der Waals surface area contributed by atoms with E-state index < -0.39 is 5.91 Å². The van der Waals surface area contributed by atoms with Crippen molar-refractivity contribution in [1.29, 1.82) is 0 Å². The lowest BCUT2D eigenvalue weighted by molar-refractivity contribution is -0.118. The van der Waals surface area contributed by atoms with Gasteiger partial charge in [-0.2, -0.15) is 0 Å². The van der Waals surface area contributed by atoms with Crippen molar-refractivity contribution in [1.82, 2.24) is 0 Å². The van der Waals surface area contributed by atoms with Gasteiger partial charge in [0.2, 0.25) is 0 Å². The van der Waals surface area contributed by atoms with Gasteiger partial charge in [0.1, 0.15) is 23.9 Å². The lowest BCUT2D eigenvalue weighted by Crippen LogP contribution is -2.20. The normalized spacial score (nSPS) is 10.3. The van der Waals surface area contributed by atoms with E-state index in [1.54, 1.807) is 24.3 Å². The summed E-state index contributed by atoms with van der Waals surface area (Å²) in [4.78, 5) is 12.0. The number of aromatic hydroxyl groups is 1. The highest BCUT2D eigenvalue weighted by Gasteiger charge is 2.08. The van der Waals surface area contributed by atoms with E-state index in [0.29, 0.717) is 23.1 Å². The summed E-state index contributed by atoms with van der Waals surface area (Å²) in [6, 6.07) is 21.3. The molecule has 0 aliphatic heterocycles. The van der Waals surface area contributed by atoms with Gasteiger partial charge in [-0.05, 0) is 48.0 Å². The molecule has 0 saturated carbocycles.